The summed E-state index contributed by atoms with van der Waals surface area (Å²) in [6, 6.07) is 7.63. The van der Waals surface area contributed by atoms with Crippen molar-refractivity contribution in [1.29, 1.82) is 0 Å². The summed E-state index contributed by atoms with van der Waals surface area (Å²) >= 11 is 0. The van der Waals surface area contributed by atoms with Crippen LogP contribution in [0, 0.1) is 0 Å². The lowest BCUT2D eigenvalue weighted by Gasteiger charge is -2.23. The Morgan fingerprint density at radius 2 is 2.18 bits per heavy atom. The summed E-state index contributed by atoms with van der Waals surface area (Å²) in [4.78, 5) is 32.6. The molecule has 1 aromatic heterocycles. The van der Waals surface area contributed by atoms with Gasteiger partial charge in [0, 0.05) is 63.6 Å². The SMILES string of the molecule is CCCOc1c(CN(C)C(=O)/C=C/c2cnc3c(c2)CN(C)C(=O)CCN3)cccc1OC. The van der Waals surface area contributed by atoms with Crippen molar-refractivity contribution >= 4 is 23.7 Å². The standard InChI is InChI=1S/C25H32N4O4/c1-5-13-33-24-19(7-6-8-21(24)32-4)16-28(2)22(30)10-9-18-14-20-17-29(3)23(31)11-12-26-25(20)27-15-18/h6-10,14-15H,5,11-13,16-17H2,1-4H3,(H,26,27)/b10-9+. The van der Waals surface area contributed by atoms with Gasteiger partial charge in [-0.15, -0.1) is 0 Å². The van der Waals surface area contributed by atoms with Gasteiger partial charge in [-0.2, -0.15) is 0 Å². The van der Waals surface area contributed by atoms with Crippen LogP contribution in [0.15, 0.2) is 36.5 Å². The van der Waals surface area contributed by atoms with Gasteiger partial charge < -0.3 is 24.6 Å². The first-order valence-corrected chi connectivity index (χ1v) is 11.1. The third-order valence-corrected chi connectivity index (χ3v) is 5.39. The van der Waals surface area contributed by atoms with Crippen molar-refractivity contribution in [2.24, 2.45) is 0 Å². The van der Waals surface area contributed by atoms with E-state index in [-0.39, 0.29) is 11.8 Å². The van der Waals surface area contributed by atoms with E-state index >= 15 is 0 Å². The molecule has 0 saturated carbocycles. The Hall–Kier alpha value is -3.55. The zero-order valence-corrected chi connectivity index (χ0v) is 19.8. The van der Waals surface area contributed by atoms with Crippen LogP contribution in [0.1, 0.15) is 36.5 Å². The number of nitrogens with zero attached hydrogens (tertiary/aromatic N) is 3. The van der Waals surface area contributed by atoms with Crippen molar-refractivity contribution in [2.75, 3.05) is 39.7 Å². The molecule has 2 aromatic rings. The molecule has 2 heterocycles. The summed E-state index contributed by atoms with van der Waals surface area (Å²) in [5.74, 6) is 2.04. The highest BCUT2D eigenvalue weighted by Gasteiger charge is 2.17. The third kappa shape index (κ3) is 6.25. The van der Waals surface area contributed by atoms with E-state index in [1.54, 1.807) is 43.3 Å². The summed E-state index contributed by atoms with van der Waals surface area (Å²) in [7, 11) is 5.14. The van der Waals surface area contributed by atoms with Crippen LogP contribution in [0.4, 0.5) is 5.82 Å². The average Bonchev–Trinajstić information content (AvgIpc) is 2.81. The summed E-state index contributed by atoms with van der Waals surface area (Å²) in [5.41, 5.74) is 2.60. The summed E-state index contributed by atoms with van der Waals surface area (Å²) < 4.78 is 11.3. The molecule has 0 spiro atoms. The maximum atomic E-state index is 12.8. The monoisotopic (exact) mass is 452 g/mol. The first-order valence-electron chi connectivity index (χ1n) is 11.1. The van der Waals surface area contributed by atoms with Crippen LogP contribution in [0.3, 0.4) is 0 Å². The van der Waals surface area contributed by atoms with E-state index in [9.17, 15) is 9.59 Å². The number of aromatic nitrogens is 1. The Morgan fingerprint density at radius 3 is 2.94 bits per heavy atom. The van der Waals surface area contributed by atoms with Crippen molar-refractivity contribution in [1.82, 2.24) is 14.8 Å². The minimum absolute atomic E-state index is 0.0886. The van der Waals surface area contributed by atoms with Crippen LogP contribution in [-0.4, -0.2) is 61.0 Å². The highest BCUT2D eigenvalue weighted by molar-refractivity contribution is 5.91. The van der Waals surface area contributed by atoms with E-state index in [1.807, 2.05) is 31.2 Å². The minimum atomic E-state index is -0.142. The predicted octanol–water partition coefficient (Wildman–Crippen LogP) is 3.32. The molecular weight excluding hydrogens is 420 g/mol. The first-order chi connectivity index (χ1) is 15.9. The molecule has 1 aliphatic heterocycles. The molecule has 0 radical (unpaired) electrons. The molecule has 8 nitrogen and oxygen atoms in total. The summed E-state index contributed by atoms with van der Waals surface area (Å²) in [6.45, 7) is 4.03. The molecule has 8 heteroatoms. The predicted molar refractivity (Wildman–Crippen MR) is 128 cm³/mol. The number of nitrogens with one attached hydrogen (secondary N) is 1. The van der Waals surface area contributed by atoms with E-state index in [2.05, 4.69) is 10.3 Å². The molecule has 33 heavy (non-hydrogen) atoms. The number of hydrogen-bond donors (Lipinski definition) is 1. The maximum Gasteiger partial charge on any atom is 0.246 e. The number of anilines is 1. The number of para-hydroxylation sites is 1. The number of hydrogen-bond acceptors (Lipinski definition) is 6. The van der Waals surface area contributed by atoms with Gasteiger partial charge in [0.15, 0.2) is 11.5 Å². The number of benzene rings is 1. The first kappa shape index (κ1) is 24.1. The number of fused-ring (bicyclic) bond motifs is 1. The van der Waals surface area contributed by atoms with Gasteiger partial charge in [0.1, 0.15) is 5.82 Å². The average molecular weight is 453 g/mol. The van der Waals surface area contributed by atoms with Crippen molar-refractivity contribution in [3.05, 3.63) is 53.2 Å². The fourth-order valence-corrected chi connectivity index (χ4v) is 3.56. The Morgan fingerprint density at radius 1 is 1.36 bits per heavy atom. The molecular formula is C25H32N4O4. The Labute approximate surface area is 195 Å². The topological polar surface area (TPSA) is 84.0 Å². The molecule has 0 unspecified atom stereocenters. The zero-order chi connectivity index (χ0) is 23.8. The molecule has 1 N–H and O–H groups in total. The number of pyridine rings is 1. The number of rotatable bonds is 8. The van der Waals surface area contributed by atoms with Crippen molar-refractivity contribution in [3.63, 3.8) is 0 Å². The Balaban J connectivity index is 1.71. The number of carbonyl (C=O) groups is 2. The highest BCUT2D eigenvalue weighted by atomic mass is 16.5. The lowest BCUT2D eigenvalue weighted by atomic mass is 10.1. The normalized spacial score (nSPS) is 13.7. The fourth-order valence-electron chi connectivity index (χ4n) is 3.56. The molecule has 0 aliphatic carbocycles. The molecule has 0 bridgehead atoms. The molecule has 2 amide bonds. The van der Waals surface area contributed by atoms with Crippen molar-refractivity contribution in [3.8, 4) is 11.5 Å². The smallest absolute Gasteiger partial charge is 0.246 e. The largest absolute Gasteiger partial charge is 0.493 e. The molecule has 1 aliphatic rings. The Kier molecular flexibility index (Phi) is 8.29. The number of amides is 2. The molecule has 1 aromatic carbocycles. The van der Waals surface area contributed by atoms with Crippen molar-refractivity contribution in [2.45, 2.75) is 32.9 Å². The van der Waals surface area contributed by atoms with Crippen LogP contribution < -0.4 is 14.8 Å². The maximum absolute atomic E-state index is 12.8. The van der Waals surface area contributed by atoms with Gasteiger partial charge in [-0.05, 0) is 30.2 Å². The van der Waals surface area contributed by atoms with Gasteiger partial charge in [0.2, 0.25) is 11.8 Å². The second-order valence-electron chi connectivity index (χ2n) is 8.03. The van der Waals surface area contributed by atoms with Gasteiger partial charge in [-0.1, -0.05) is 19.1 Å². The molecule has 3 rings (SSSR count). The van der Waals surface area contributed by atoms with E-state index in [1.165, 1.54) is 6.08 Å². The number of ether oxygens (including phenoxy) is 2. The number of methoxy groups -OCH3 is 1. The van der Waals surface area contributed by atoms with Crippen LogP contribution in [0.25, 0.3) is 6.08 Å². The van der Waals surface area contributed by atoms with E-state index < -0.39 is 0 Å². The van der Waals surface area contributed by atoms with E-state index in [0.717, 1.165) is 28.9 Å². The molecule has 0 saturated heterocycles. The van der Waals surface area contributed by atoms with Gasteiger partial charge in [-0.3, -0.25) is 9.59 Å². The lowest BCUT2D eigenvalue weighted by molar-refractivity contribution is -0.130. The summed E-state index contributed by atoms with van der Waals surface area (Å²) in [5, 5.41) is 3.20. The van der Waals surface area contributed by atoms with Gasteiger partial charge in [0.05, 0.1) is 13.7 Å². The van der Waals surface area contributed by atoms with Crippen LogP contribution in [0.5, 0.6) is 11.5 Å². The second kappa shape index (κ2) is 11.4. The Bertz CT molecular complexity index is 1020. The van der Waals surface area contributed by atoms with Gasteiger partial charge in [-0.25, -0.2) is 4.98 Å². The molecule has 0 fully saturated rings. The van der Waals surface area contributed by atoms with E-state index in [0.29, 0.717) is 44.2 Å². The van der Waals surface area contributed by atoms with Crippen LogP contribution in [0.2, 0.25) is 0 Å². The highest BCUT2D eigenvalue weighted by Crippen LogP contribution is 2.32. The third-order valence-electron chi connectivity index (χ3n) is 5.39. The second-order valence-corrected chi connectivity index (χ2v) is 8.03. The lowest BCUT2D eigenvalue weighted by Crippen LogP contribution is -2.30. The van der Waals surface area contributed by atoms with Crippen molar-refractivity contribution < 1.29 is 19.1 Å². The fraction of sp³-hybridized carbons (Fsp3) is 0.400. The van der Waals surface area contributed by atoms with Crippen LogP contribution >= 0.6 is 0 Å². The van der Waals surface area contributed by atoms with E-state index in [4.69, 9.17) is 9.47 Å². The van der Waals surface area contributed by atoms with Crippen LogP contribution in [-0.2, 0) is 22.7 Å². The van der Waals surface area contributed by atoms with Gasteiger partial charge >= 0.3 is 0 Å². The number of carbonyl (C=O) groups excluding carboxylic acids is 2. The zero-order valence-electron chi connectivity index (χ0n) is 19.8. The number of likely N-dealkylation sites (N-methyl/N-ethyl adjacent to an activating group) is 1. The quantitative estimate of drug-likeness (QED) is 0.619. The summed E-state index contributed by atoms with van der Waals surface area (Å²) in [6.07, 6.45) is 6.31. The molecule has 0 atom stereocenters. The van der Waals surface area contributed by atoms with Gasteiger partial charge in [0.25, 0.3) is 0 Å². The minimum Gasteiger partial charge on any atom is -0.493 e. The molecule has 176 valence electrons.